The standard InChI is InChI=1S/C20H24N2O3/c1-14(2)18(12-13-23)22-20(25)16-8-10-17(11-9-16)21-19(24)15-6-4-3-5-7-15/h3-11,14,18,23H,12-13H2,1-2H3,(H,21,24)(H,22,25). The number of nitrogens with one attached hydrogen (secondary N) is 2. The lowest BCUT2D eigenvalue weighted by Gasteiger charge is -2.21. The van der Waals surface area contributed by atoms with E-state index < -0.39 is 0 Å². The number of aliphatic hydroxyl groups is 1. The van der Waals surface area contributed by atoms with Crippen LogP contribution >= 0.6 is 0 Å². The normalized spacial score (nSPS) is 11.8. The maximum Gasteiger partial charge on any atom is 0.255 e. The molecule has 0 fully saturated rings. The predicted molar refractivity (Wildman–Crippen MR) is 98.6 cm³/mol. The number of benzene rings is 2. The Bertz CT molecular complexity index is 697. The molecule has 0 bridgehead atoms. The van der Waals surface area contributed by atoms with Crippen molar-refractivity contribution in [2.75, 3.05) is 11.9 Å². The Morgan fingerprint density at radius 2 is 1.52 bits per heavy atom. The first-order valence-corrected chi connectivity index (χ1v) is 8.39. The molecule has 0 aliphatic heterocycles. The number of hydrogen-bond acceptors (Lipinski definition) is 3. The molecule has 0 aliphatic rings. The predicted octanol–water partition coefficient (Wildman–Crippen LogP) is 3.08. The fourth-order valence-electron chi connectivity index (χ4n) is 2.46. The monoisotopic (exact) mass is 340 g/mol. The zero-order chi connectivity index (χ0) is 18.2. The minimum Gasteiger partial charge on any atom is -0.396 e. The summed E-state index contributed by atoms with van der Waals surface area (Å²) in [6.07, 6.45) is 0.522. The van der Waals surface area contributed by atoms with Crippen LogP contribution in [0, 0.1) is 5.92 Å². The molecular formula is C20H24N2O3. The highest BCUT2D eigenvalue weighted by molar-refractivity contribution is 6.04. The summed E-state index contributed by atoms with van der Waals surface area (Å²) < 4.78 is 0. The molecule has 0 saturated carbocycles. The van der Waals surface area contributed by atoms with Gasteiger partial charge in [0.1, 0.15) is 0 Å². The van der Waals surface area contributed by atoms with Gasteiger partial charge < -0.3 is 15.7 Å². The van der Waals surface area contributed by atoms with E-state index in [4.69, 9.17) is 5.11 Å². The highest BCUT2D eigenvalue weighted by Crippen LogP contribution is 2.13. The second-order valence-corrected chi connectivity index (χ2v) is 6.23. The quantitative estimate of drug-likeness (QED) is 0.725. The Labute approximate surface area is 148 Å². The van der Waals surface area contributed by atoms with Gasteiger partial charge in [-0.25, -0.2) is 0 Å². The number of carbonyl (C=O) groups is 2. The first-order chi connectivity index (χ1) is 12.0. The van der Waals surface area contributed by atoms with E-state index in [2.05, 4.69) is 10.6 Å². The average molecular weight is 340 g/mol. The maximum atomic E-state index is 12.3. The van der Waals surface area contributed by atoms with E-state index in [1.165, 1.54) is 0 Å². The van der Waals surface area contributed by atoms with Crippen molar-refractivity contribution >= 4 is 17.5 Å². The molecule has 0 aliphatic carbocycles. The molecule has 25 heavy (non-hydrogen) atoms. The zero-order valence-electron chi connectivity index (χ0n) is 14.5. The van der Waals surface area contributed by atoms with Gasteiger partial charge in [-0.3, -0.25) is 9.59 Å². The van der Waals surface area contributed by atoms with Crippen LogP contribution in [0.15, 0.2) is 54.6 Å². The molecule has 5 heteroatoms. The van der Waals surface area contributed by atoms with Crippen molar-refractivity contribution in [3.8, 4) is 0 Å². The van der Waals surface area contributed by atoms with Gasteiger partial charge >= 0.3 is 0 Å². The van der Waals surface area contributed by atoms with Crippen LogP contribution < -0.4 is 10.6 Å². The van der Waals surface area contributed by atoms with Crippen LogP contribution in [0.1, 0.15) is 41.0 Å². The molecule has 0 saturated heterocycles. The number of hydrogen-bond donors (Lipinski definition) is 3. The van der Waals surface area contributed by atoms with E-state index in [9.17, 15) is 9.59 Å². The van der Waals surface area contributed by atoms with Crippen LogP contribution in [0.2, 0.25) is 0 Å². The van der Waals surface area contributed by atoms with Crippen LogP contribution in [-0.2, 0) is 0 Å². The number of rotatable bonds is 7. The number of aliphatic hydroxyl groups excluding tert-OH is 1. The van der Waals surface area contributed by atoms with Gasteiger partial charge in [0, 0.05) is 29.5 Å². The minimum absolute atomic E-state index is 0.0353. The van der Waals surface area contributed by atoms with Crippen LogP contribution in [0.4, 0.5) is 5.69 Å². The smallest absolute Gasteiger partial charge is 0.255 e. The van der Waals surface area contributed by atoms with Crippen molar-refractivity contribution in [3.63, 3.8) is 0 Å². The Balaban J connectivity index is 1.99. The SMILES string of the molecule is CC(C)C(CCO)NC(=O)c1ccc(NC(=O)c2ccccc2)cc1. The fourth-order valence-corrected chi connectivity index (χ4v) is 2.46. The molecule has 2 amide bonds. The Kier molecular flexibility index (Phi) is 6.71. The van der Waals surface area contributed by atoms with Gasteiger partial charge in [-0.05, 0) is 48.7 Å². The van der Waals surface area contributed by atoms with Crippen molar-refractivity contribution in [1.82, 2.24) is 5.32 Å². The average Bonchev–Trinajstić information content (AvgIpc) is 2.62. The third kappa shape index (κ3) is 5.43. The molecule has 132 valence electrons. The summed E-state index contributed by atoms with van der Waals surface area (Å²) in [7, 11) is 0. The van der Waals surface area contributed by atoms with Crippen molar-refractivity contribution < 1.29 is 14.7 Å². The molecule has 2 aromatic rings. The van der Waals surface area contributed by atoms with Crippen LogP contribution in [-0.4, -0.2) is 29.6 Å². The second-order valence-electron chi connectivity index (χ2n) is 6.23. The summed E-state index contributed by atoms with van der Waals surface area (Å²) in [6.45, 7) is 4.04. The molecular weight excluding hydrogens is 316 g/mol. The zero-order valence-corrected chi connectivity index (χ0v) is 14.5. The molecule has 1 atom stereocenters. The van der Waals surface area contributed by atoms with Crippen LogP contribution in [0.25, 0.3) is 0 Å². The van der Waals surface area contributed by atoms with Crippen molar-refractivity contribution in [1.29, 1.82) is 0 Å². The number of anilines is 1. The Morgan fingerprint density at radius 3 is 2.08 bits per heavy atom. The van der Waals surface area contributed by atoms with Gasteiger partial charge in [0.2, 0.25) is 0 Å². The summed E-state index contributed by atoms with van der Waals surface area (Å²) in [5, 5.41) is 14.8. The third-order valence-electron chi connectivity index (χ3n) is 4.00. The number of amides is 2. The summed E-state index contributed by atoms with van der Waals surface area (Å²) in [6, 6.07) is 15.6. The molecule has 0 spiro atoms. The molecule has 2 aromatic carbocycles. The van der Waals surface area contributed by atoms with Crippen LogP contribution in [0.5, 0.6) is 0 Å². The molecule has 0 radical (unpaired) electrons. The van der Waals surface area contributed by atoms with Crippen molar-refractivity contribution in [3.05, 3.63) is 65.7 Å². The third-order valence-corrected chi connectivity index (χ3v) is 4.00. The van der Waals surface area contributed by atoms with Gasteiger partial charge in [0.15, 0.2) is 0 Å². The summed E-state index contributed by atoms with van der Waals surface area (Å²) >= 11 is 0. The molecule has 0 aromatic heterocycles. The molecule has 2 rings (SSSR count). The second kappa shape index (κ2) is 8.99. The summed E-state index contributed by atoms with van der Waals surface area (Å²) in [4.78, 5) is 24.4. The largest absolute Gasteiger partial charge is 0.396 e. The van der Waals surface area contributed by atoms with E-state index in [0.29, 0.717) is 23.2 Å². The Morgan fingerprint density at radius 1 is 0.920 bits per heavy atom. The van der Waals surface area contributed by atoms with E-state index in [1.54, 1.807) is 48.5 Å². The topological polar surface area (TPSA) is 78.4 Å². The summed E-state index contributed by atoms with van der Waals surface area (Å²) in [5.74, 6) is -0.144. The van der Waals surface area contributed by atoms with E-state index in [1.807, 2.05) is 19.9 Å². The lowest BCUT2D eigenvalue weighted by Crippen LogP contribution is -2.39. The van der Waals surface area contributed by atoms with E-state index in [0.717, 1.165) is 0 Å². The number of carbonyl (C=O) groups excluding carboxylic acids is 2. The van der Waals surface area contributed by atoms with E-state index in [-0.39, 0.29) is 30.4 Å². The van der Waals surface area contributed by atoms with Gasteiger partial charge in [-0.2, -0.15) is 0 Å². The molecule has 1 unspecified atom stereocenters. The molecule has 3 N–H and O–H groups in total. The Hall–Kier alpha value is -2.66. The molecule has 0 heterocycles. The highest BCUT2D eigenvalue weighted by Gasteiger charge is 2.16. The van der Waals surface area contributed by atoms with Crippen molar-refractivity contribution in [2.45, 2.75) is 26.3 Å². The summed E-state index contributed by atoms with van der Waals surface area (Å²) in [5.41, 5.74) is 1.72. The van der Waals surface area contributed by atoms with Gasteiger partial charge in [0.05, 0.1) is 0 Å². The maximum absolute atomic E-state index is 12.3. The van der Waals surface area contributed by atoms with E-state index >= 15 is 0 Å². The first-order valence-electron chi connectivity index (χ1n) is 8.39. The minimum atomic E-state index is -0.194. The van der Waals surface area contributed by atoms with Gasteiger partial charge in [-0.15, -0.1) is 0 Å². The van der Waals surface area contributed by atoms with Crippen LogP contribution in [0.3, 0.4) is 0 Å². The van der Waals surface area contributed by atoms with Crippen molar-refractivity contribution in [2.24, 2.45) is 5.92 Å². The highest BCUT2D eigenvalue weighted by atomic mass is 16.3. The lowest BCUT2D eigenvalue weighted by molar-refractivity contribution is 0.0916. The first kappa shape index (κ1) is 18.7. The fraction of sp³-hybridized carbons (Fsp3) is 0.300. The lowest BCUT2D eigenvalue weighted by atomic mass is 10.0. The van der Waals surface area contributed by atoms with Gasteiger partial charge in [-0.1, -0.05) is 32.0 Å². The molecule has 5 nitrogen and oxygen atoms in total. The van der Waals surface area contributed by atoms with Gasteiger partial charge in [0.25, 0.3) is 11.8 Å².